The predicted molar refractivity (Wildman–Crippen MR) is 107 cm³/mol. The minimum Gasteiger partial charge on any atom is -0.411 e. The molecule has 0 fully saturated rings. The molecule has 27 heavy (non-hydrogen) atoms. The van der Waals surface area contributed by atoms with Crippen molar-refractivity contribution in [1.82, 2.24) is 0 Å². The number of nitrogens with two attached hydrogens (primary N) is 1. The Morgan fingerprint density at radius 1 is 1.19 bits per heavy atom. The Hall–Kier alpha value is -2.67. The third-order valence-corrected chi connectivity index (χ3v) is 5.89. The van der Waals surface area contributed by atoms with Gasteiger partial charge in [-0.15, -0.1) is 11.3 Å². The summed E-state index contributed by atoms with van der Waals surface area (Å²) >= 11 is 1.32. The van der Waals surface area contributed by atoms with E-state index in [9.17, 15) is 9.59 Å². The number of amides is 2. The van der Waals surface area contributed by atoms with Gasteiger partial charge >= 0.3 is 0 Å². The molecule has 1 aliphatic carbocycles. The lowest BCUT2D eigenvalue weighted by molar-refractivity contribution is 0.100. The van der Waals surface area contributed by atoms with Crippen LogP contribution in [0.2, 0.25) is 0 Å². The lowest BCUT2D eigenvalue weighted by Crippen LogP contribution is -2.20. The second kappa shape index (κ2) is 7.15. The zero-order valence-electron chi connectivity index (χ0n) is 15.6. The van der Waals surface area contributed by atoms with Crippen molar-refractivity contribution in [1.29, 1.82) is 0 Å². The smallest absolute Gasteiger partial charge is 0.256 e. The number of oxime groups is 1. The van der Waals surface area contributed by atoms with Crippen LogP contribution in [-0.4, -0.2) is 22.7 Å². The summed E-state index contributed by atoms with van der Waals surface area (Å²) in [5.41, 5.74) is 9.11. The highest BCUT2D eigenvalue weighted by Crippen LogP contribution is 2.37. The number of hydrogen-bond acceptors (Lipinski definition) is 5. The normalized spacial score (nSPS) is 15.4. The van der Waals surface area contributed by atoms with Crippen LogP contribution in [0.1, 0.15) is 63.9 Å². The molecule has 1 heterocycles. The van der Waals surface area contributed by atoms with Crippen molar-refractivity contribution >= 4 is 33.9 Å². The maximum atomic E-state index is 12.7. The highest BCUT2D eigenvalue weighted by molar-refractivity contribution is 7.17. The molecule has 3 rings (SSSR count). The lowest BCUT2D eigenvalue weighted by atomic mass is 9.87. The van der Waals surface area contributed by atoms with Gasteiger partial charge in [0, 0.05) is 16.9 Å². The zero-order valence-corrected chi connectivity index (χ0v) is 16.4. The van der Waals surface area contributed by atoms with E-state index in [4.69, 9.17) is 10.9 Å². The van der Waals surface area contributed by atoms with Gasteiger partial charge in [0.25, 0.3) is 11.8 Å². The predicted octanol–water partition coefficient (Wildman–Crippen LogP) is 3.72. The van der Waals surface area contributed by atoms with E-state index in [2.05, 4.69) is 31.2 Å². The summed E-state index contributed by atoms with van der Waals surface area (Å²) in [6, 6.07) is 7.44. The van der Waals surface area contributed by atoms with Gasteiger partial charge in [-0.25, -0.2) is 0 Å². The van der Waals surface area contributed by atoms with Gasteiger partial charge in [0.1, 0.15) is 5.00 Å². The summed E-state index contributed by atoms with van der Waals surface area (Å²) < 4.78 is 0. The average Bonchev–Trinajstić information content (AvgIpc) is 2.97. The van der Waals surface area contributed by atoms with E-state index in [-0.39, 0.29) is 11.3 Å². The molecular weight excluding hydrogens is 362 g/mol. The van der Waals surface area contributed by atoms with Gasteiger partial charge in [-0.1, -0.05) is 38.1 Å². The van der Waals surface area contributed by atoms with Crippen LogP contribution in [0, 0.1) is 0 Å². The topological polar surface area (TPSA) is 105 Å². The molecule has 1 aromatic heterocycles. The third-order valence-electron chi connectivity index (χ3n) is 4.75. The number of thiophene rings is 1. The van der Waals surface area contributed by atoms with E-state index >= 15 is 0 Å². The van der Waals surface area contributed by atoms with Gasteiger partial charge in [-0.3, -0.25) is 9.59 Å². The molecular formula is C20H23N3O3S. The summed E-state index contributed by atoms with van der Waals surface area (Å²) in [7, 11) is 0. The standard InChI is InChI=1S/C20H23N3O3S/c1-20(2,3)12-6-4-11(5-7-12)18(25)22-19-16(17(21)24)14-9-8-13(23-26)10-15(14)27-19/h4-7,26H,8-10H2,1-3H3,(H2,21,24)(H,22,25)/b23-13+. The molecule has 0 saturated heterocycles. The summed E-state index contributed by atoms with van der Waals surface area (Å²) in [6.45, 7) is 6.34. The average molecular weight is 385 g/mol. The molecule has 2 aromatic rings. The largest absolute Gasteiger partial charge is 0.411 e. The highest BCUT2D eigenvalue weighted by atomic mass is 32.1. The first-order chi connectivity index (χ1) is 12.7. The number of primary amides is 1. The van der Waals surface area contributed by atoms with Crippen molar-refractivity contribution in [3.63, 3.8) is 0 Å². The number of fused-ring (bicyclic) bond motifs is 1. The van der Waals surface area contributed by atoms with Crippen LogP contribution >= 0.6 is 11.3 Å². The number of nitrogens with one attached hydrogen (secondary N) is 1. The zero-order chi connectivity index (χ0) is 19.8. The van der Waals surface area contributed by atoms with Crippen LogP contribution in [0.25, 0.3) is 0 Å². The van der Waals surface area contributed by atoms with E-state index in [0.29, 0.717) is 41.1 Å². The van der Waals surface area contributed by atoms with Gasteiger partial charge < -0.3 is 16.3 Å². The Morgan fingerprint density at radius 2 is 1.85 bits per heavy atom. The second-order valence-corrected chi connectivity index (χ2v) is 8.80. The van der Waals surface area contributed by atoms with Crippen LogP contribution in [-0.2, 0) is 18.3 Å². The summed E-state index contributed by atoms with van der Waals surface area (Å²) in [4.78, 5) is 25.5. The Balaban J connectivity index is 1.88. The molecule has 0 radical (unpaired) electrons. The SMILES string of the molecule is CC(C)(C)c1ccc(C(=O)Nc2sc3c(c2C(N)=O)CC/C(=N\O)C3)cc1. The molecule has 0 spiro atoms. The Morgan fingerprint density at radius 3 is 2.41 bits per heavy atom. The number of nitrogens with zero attached hydrogens (tertiary/aromatic N) is 1. The molecule has 7 heteroatoms. The molecule has 142 valence electrons. The molecule has 1 aromatic carbocycles. The van der Waals surface area contributed by atoms with Gasteiger partial charge in [0.05, 0.1) is 11.3 Å². The van der Waals surface area contributed by atoms with Crippen molar-refractivity contribution in [2.75, 3.05) is 5.32 Å². The first-order valence-electron chi connectivity index (χ1n) is 8.76. The summed E-state index contributed by atoms with van der Waals surface area (Å²) in [6.07, 6.45) is 1.61. The van der Waals surface area contributed by atoms with E-state index < -0.39 is 5.91 Å². The monoisotopic (exact) mass is 385 g/mol. The molecule has 0 aliphatic heterocycles. The van der Waals surface area contributed by atoms with Crippen molar-refractivity contribution < 1.29 is 14.8 Å². The number of anilines is 1. The van der Waals surface area contributed by atoms with E-state index in [0.717, 1.165) is 16.0 Å². The van der Waals surface area contributed by atoms with Crippen LogP contribution in [0.4, 0.5) is 5.00 Å². The molecule has 4 N–H and O–H groups in total. The van der Waals surface area contributed by atoms with E-state index in [1.165, 1.54) is 11.3 Å². The lowest BCUT2D eigenvalue weighted by Gasteiger charge is -2.19. The van der Waals surface area contributed by atoms with Crippen LogP contribution in [0.3, 0.4) is 0 Å². The Kier molecular flexibility index (Phi) is 5.06. The number of hydrogen-bond donors (Lipinski definition) is 3. The maximum Gasteiger partial charge on any atom is 0.256 e. The minimum absolute atomic E-state index is 0.00686. The van der Waals surface area contributed by atoms with Crippen molar-refractivity contribution in [3.8, 4) is 0 Å². The van der Waals surface area contributed by atoms with Crippen molar-refractivity contribution in [3.05, 3.63) is 51.4 Å². The van der Waals surface area contributed by atoms with Crippen molar-refractivity contribution in [2.24, 2.45) is 10.9 Å². The first-order valence-corrected chi connectivity index (χ1v) is 9.58. The van der Waals surface area contributed by atoms with Gasteiger partial charge in [-0.2, -0.15) is 0 Å². The Labute approximate surface area is 162 Å². The second-order valence-electron chi connectivity index (χ2n) is 7.70. The van der Waals surface area contributed by atoms with Crippen LogP contribution in [0.5, 0.6) is 0 Å². The number of benzene rings is 1. The fourth-order valence-corrected chi connectivity index (χ4v) is 4.48. The first kappa shape index (κ1) is 19.1. The molecule has 2 amide bonds. The number of carbonyl (C=O) groups is 2. The highest BCUT2D eigenvalue weighted by Gasteiger charge is 2.27. The molecule has 6 nitrogen and oxygen atoms in total. The Bertz CT molecular complexity index is 921. The molecule has 0 bridgehead atoms. The molecule has 0 unspecified atom stereocenters. The number of rotatable bonds is 3. The third kappa shape index (κ3) is 3.88. The van der Waals surface area contributed by atoms with Crippen LogP contribution < -0.4 is 11.1 Å². The van der Waals surface area contributed by atoms with Gasteiger partial charge in [-0.05, 0) is 41.5 Å². The summed E-state index contributed by atoms with van der Waals surface area (Å²) in [5.74, 6) is -0.845. The maximum absolute atomic E-state index is 12.7. The fraction of sp³-hybridized carbons (Fsp3) is 0.350. The molecule has 1 aliphatic rings. The van der Waals surface area contributed by atoms with E-state index in [1.54, 1.807) is 12.1 Å². The molecule has 0 saturated carbocycles. The van der Waals surface area contributed by atoms with Crippen LogP contribution in [0.15, 0.2) is 29.4 Å². The fourth-order valence-electron chi connectivity index (χ4n) is 3.19. The molecule has 0 atom stereocenters. The van der Waals surface area contributed by atoms with E-state index in [1.807, 2.05) is 12.1 Å². The van der Waals surface area contributed by atoms with Gasteiger partial charge in [0.2, 0.25) is 0 Å². The quantitative estimate of drug-likeness (QED) is 0.554. The van der Waals surface area contributed by atoms with Gasteiger partial charge in [0.15, 0.2) is 0 Å². The number of carbonyl (C=O) groups excluding carboxylic acids is 2. The van der Waals surface area contributed by atoms with Crippen molar-refractivity contribution in [2.45, 2.75) is 45.4 Å². The minimum atomic E-state index is -0.560. The summed E-state index contributed by atoms with van der Waals surface area (Å²) in [5, 5.41) is 15.6.